The van der Waals surface area contributed by atoms with Crippen LogP contribution in [-0.4, -0.2) is 36.7 Å². The standard InChI is InChI=1S/C23H26N2O5/c1-3-14-29-22(27)20(15-18-10-6-4-7-11-18)25-21(26)17(2)24-23(28)30-16-19-12-8-5-9-13-19/h3-13,17,20H,1,14-16H2,2H3,(H,24,28)(H,25,26)/t17-,20-/m0/s1. The van der Waals surface area contributed by atoms with Crippen molar-refractivity contribution in [3.05, 3.63) is 84.4 Å². The largest absolute Gasteiger partial charge is 0.460 e. The summed E-state index contributed by atoms with van der Waals surface area (Å²) in [5.41, 5.74) is 1.69. The van der Waals surface area contributed by atoms with Gasteiger partial charge in [0.25, 0.3) is 0 Å². The Bertz CT molecular complexity index is 839. The maximum Gasteiger partial charge on any atom is 0.408 e. The van der Waals surface area contributed by atoms with E-state index in [0.29, 0.717) is 0 Å². The van der Waals surface area contributed by atoms with Gasteiger partial charge >= 0.3 is 12.1 Å². The monoisotopic (exact) mass is 410 g/mol. The number of hydrogen-bond donors (Lipinski definition) is 2. The Morgan fingerprint density at radius 3 is 2.13 bits per heavy atom. The van der Waals surface area contributed by atoms with Gasteiger partial charge in [-0.15, -0.1) is 0 Å². The molecule has 30 heavy (non-hydrogen) atoms. The van der Waals surface area contributed by atoms with Gasteiger partial charge in [0.05, 0.1) is 0 Å². The molecule has 0 aliphatic carbocycles. The average molecular weight is 410 g/mol. The maximum atomic E-state index is 12.5. The SMILES string of the molecule is C=CCOC(=O)[C@H](Cc1ccccc1)NC(=O)[C@H](C)NC(=O)OCc1ccccc1. The Morgan fingerprint density at radius 2 is 1.53 bits per heavy atom. The van der Waals surface area contributed by atoms with E-state index < -0.39 is 30.1 Å². The van der Waals surface area contributed by atoms with Crippen LogP contribution in [-0.2, 0) is 32.1 Å². The number of nitrogens with one attached hydrogen (secondary N) is 2. The van der Waals surface area contributed by atoms with Gasteiger partial charge in [-0.3, -0.25) is 4.79 Å². The fourth-order valence-electron chi connectivity index (χ4n) is 2.59. The summed E-state index contributed by atoms with van der Waals surface area (Å²) in [6.07, 6.45) is 0.982. The van der Waals surface area contributed by atoms with Crippen LogP contribution in [0.1, 0.15) is 18.1 Å². The van der Waals surface area contributed by atoms with Crippen LogP contribution in [0.2, 0.25) is 0 Å². The number of amides is 2. The van der Waals surface area contributed by atoms with Crippen molar-refractivity contribution in [1.82, 2.24) is 10.6 Å². The quantitative estimate of drug-likeness (QED) is 0.464. The highest BCUT2D eigenvalue weighted by atomic mass is 16.5. The Morgan fingerprint density at radius 1 is 0.933 bits per heavy atom. The van der Waals surface area contributed by atoms with Crippen molar-refractivity contribution in [2.45, 2.75) is 32.0 Å². The van der Waals surface area contributed by atoms with Crippen molar-refractivity contribution < 1.29 is 23.9 Å². The van der Waals surface area contributed by atoms with Gasteiger partial charge in [0.15, 0.2) is 0 Å². The van der Waals surface area contributed by atoms with Gasteiger partial charge in [0, 0.05) is 6.42 Å². The number of hydrogen-bond acceptors (Lipinski definition) is 5. The van der Waals surface area contributed by atoms with E-state index in [0.717, 1.165) is 11.1 Å². The highest BCUT2D eigenvalue weighted by Gasteiger charge is 2.26. The van der Waals surface area contributed by atoms with Crippen molar-refractivity contribution in [1.29, 1.82) is 0 Å². The fraction of sp³-hybridized carbons (Fsp3) is 0.261. The van der Waals surface area contributed by atoms with Crippen LogP contribution in [0, 0.1) is 0 Å². The molecule has 0 radical (unpaired) electrons. The lowest BCUT2D eigenvalue weighted by atomic mass is 10.1. The van der Waals surface area contributed by atoms with Gasteiger partial charge in [0.1, 0.15) is 25.3 Å². The Hall–Kier alpha value is -3.61. The van der Waals surface area contributed by atoms with Crippen LogP contribution < -0.4 is 10.6 Å². The van der Waals surface area contributed by atoms with E-state index in [4.69, 9.17) is 9.47 Å². The molecule has 0 aliphatic heterocycles. The van der Waals surface area contributed by atoms with E-state index in [1.165, 1.54) is 13.0 Å². The van der Waals surface area contributed by atoms with E-state index in [1.807, 2.05) is 60.7 Å². The third-order valence-corrected chi connectivity index (χ3v) is 4.17. The minimum Gasteiger partial charge on any atom is -0.460 e. The Balaban J connectivity index is 1.91. The molecule has 7 nitrogen and oxygen atoms in total. The molecule has 158 valence electrons. The second-order valence-corrected chi connectivity index (χ2v) is 6.60. The number of alkyl carbamates (subject to hydrolysis) is 1. The summed E-state index contributed by atoms with van der Waals surface area (Å²) in [5, 5.41) is 5.09. The van der Waals surface area contributed by atoms with Gasteiger partial charge in [-0.1, -0.05) is 73.3 Å². The molecule has 0 fully saturated rings. The van der Waals surface area contributed by atoms with E-state index in [-0.39, 0.29) is 19.6 Å². The predicted molar refractivity (Wildman–Crippen MR) is 112 cm³/mol. The molecule has 0 spiro atoms. The predicted octanol–water partition coefficient (Wildman–Crippen LogP) is 2.76. The minimum atomic E-state index is -0.904. The molecular weight excluding hydrogens is 384 g/mol. The molecule has 2 aromatic carbocycles. The molecule has 7 heteroatoms. The lowest BCUT2D eigenvalue weighted by Gasteiger charge is -2.20. The van der Waals surface area contributed by atoms with Crippen molar-refractivity contribution in [2.24, 2.45) is 0 Å². The molecule has 0 unspecified atom stereocenters. The molecule has 0 saturated carbocycles. The molecule has 2 rings (SSSR count). The zero-order chi connectivity index (χ0) is 21.8. The molecule has 2 atom stereocenters. The fourth-order valence-corrected chi connectivity index (χ4v) is 2.59. The van der Waals surface area contributed by atoms with Gasteiger partial charge in [-0.2, -0.15) is 0 Å². The normalized spacial score (nSPS) is 12.2. The Labute approximate surface area is 176 Å². The highest BCUT2D eigenvalue weighted by molar-refractivity contribution is 5.89. The summed E-state index contributed by atoms with van der Waals surface area (Å²) < 4.78 is 10.2. The molecule has 2 N–H and O–H groups in total. The van der Waals surface area contributed by atoms with Gasteiger partial charge < -0.3 is 20.1 Å². The smallest absolute Gasteiger partial charge is 0.408 e. The van der Waals surface area contributed by atoms with E-state index in [1.54, 1.807) is 0 Å². The Kier molecular flexibility index (Phi) is 9.12. The van der Waals surface area contributed by atoms with Crippen LogP contribution in [0.4, 0.5) is 4.79 Å². The number of benzene rings is 2. The summed E-state index contributed by atoms with van der Waals surface area (Å²) >= 11 is 0. The van der Waals surface area contributed by atoms with Gasteiger partial charge in [0.2, 0.25) is 5.91 Å². The van der Waals surface area contributed by atoms with E-state index in [9.17, 15) is 14.4 Å². The number of carbonyl (C=O) groups excluding carboxylic acids is 3. The summed E-state index contributed by atoms with van der Waals surface area (Å²) in [4.78, 5) is 36.8. The molecule has 2 aromatic rings. The zero-order valence-electron chi connectivity index (χ0n) is 16.9. The third-order valence-electron chi connectivity index (χ3n) is 4.17. The summed E-state index contributed by atoms with van der Waals surface area (Å²) in [7, 11) is 0. The first-order chi connectivity index (χ1) is 14.5. The van der Waals surface area contributed by atoms with Crippen molar-refractivity contribution in [3.63, 3.8) is 0 Å². The van der Waals surface area contributed by atoms with Crippen LogP contribution >= 0.6 is 0 Å². The number of ether oxygens (including phenoxy) is 2. The van der Waals surface area contributed by atoms with Gasteiger partial charge in [-0.05, 0) is 18.1 Å². The van der Waals surface area contributed by atoms with Crippen molar-refractivity contribution in [3.8, 4) is 0 Å². The molecule has 2 amide bonds. The third kappa shape index (κ3) is 7.79. The topological polar surface area (TPSA) is 93.7 Å². The van der Waals surface area contributed by atoms with Crippen molar-refractivity contribution >= 4 is 18.0 Å². The molecule has 0 bridgehead atoms. The molecule has 0 saturated heterocycles. The lowest BCUT2D eigenvalue weighted by Crippen LogP contribution is -2.51. The summed E-state index contributed by atoms with van der Waals surface area (Å²) in [6.45, 7) is 5.15. The summed E-state index contributed by atoms with van der Waals surface area (Å²) in [6, 6.07) is 16.6. The summed E-state index contributed by atoms with van der Waals surface area (Å²) in [5.74, 6) is -1.10. The van der Waals surface area contributed by atoms with E-state index >= 15 is 0 Å². The van der Waals surface area contributed by atoms with Crippen molar-refractivity contribution in [2.75, 3.05) is 6.61 Å². The van der Waals surface area contributed by atoms with E-state index in [2.05, 4.69) is 17.2 Å². The van der Waals surface area contributed by atoms with Crippen LogP contribution in [0.25, 0.3) is 0 Å². The first kappa shape index (κ1) is 22.7. The average Bonchev–Trinajstić information content (AvgIpc) is 2.76. The lowest BCUT2D eigenvalue weighted by molar-refractivity contribution is -0.146. The molecule has 0 aliphatic rings. The van der Waals surface area contributed by atoms with Gasteiger partial charge in [-0.25, -0.2) is 9.59 Å². The number of rotatable bonds is 10. The minimum absolute atomic E-state index is 0.0413. The zero-order valence-corrected chi connectivity index (χ0v) is 16.9. The first-order valence-corrected chi connectivity index (χ1v) is 9.58. The first-order valence-electron chi connectivity index (χ1n) is 9.58. The number of esters is 1. The van der Waals surface area contributed by atoms with Crippen LogP contribution in [0.3, 0.4) is 0 Å². The molecule has 0 aromatic heterocycles. The molecule has 0 heterocycles. The molecular formula is C23H26N2O5. The van der Waals surface area contributed by atoms with Crippen LogP contribution in [0.15, 0.2) is 73.3 Å². The second kappa shape index (κ2) is 12.1. The highest BCUT2D eigenvalue weighted by Crippen LogP contribution is 2.06. The maximum absolute atomic E-state index is 12.5. The second-order valence-electron chi connectivity index (χ2n) is 6.60. The van der Waals surface area contributed by atoms with Crippen LogP contribution in [0.5, 0.6) is 0 Å². The number of carbonyl (C=O) groups is 3.